The van der Waals surface area contributed by atoms with Crippen molar-refractivity contribution in [2.75, 3.05) is 6.54 Å². The average molecular weight is 264 g/mol. The van der Waals surface area contributed by atoms with Crippen molar-refractivity contribution >= 4 is 6.03 Å². The molecular weight excluding hydrogens is 240 g/mol. The number of amides is 2. The molecule has 5 nitrogen and oxygen atoms in total. The summed E-state index contributed by atoms with van der Waals surface area (Å²) in [6, 6.07) is 0.109. The van der Waals surface area contributed by atoms with E-state index in [-0.39, 0.29) is 12.1 Å². The van der Waals surface area contributed by atoms with Gasteiger partial charge in [0.25, 0.3) is 0 Å². The quantitative estimate of drug-likeness (QED) is 0.870. The highest BCUT2D eigenvalue weighted by Crippen LogP contribution is 2.24. The zero-order chi connectivity index (χ0) is 13.8. The van der Waals surface area contributed by atoms with Gasteiger partial charge in [0.1, 0.15) is 0 Å². The summed E-state index contributed by atoms with van der Waals surface area (Å²) in [5.41, 5.74) is 2.59. The van der Waals surface area contributed by atoms with Crippen LogP contribution in [0, 0.1) is 5.92 Å². The van der Waals surface area contributed by atoms with Crippen molar-refractivity contribution in [3.8, 4) is 0 Å². The van der Waals surface area contributed by atoms with E-state index in [4.69, 9.17) is 0 Å². The van der Waals surface area contributed by atoms with Gasteiger partial charge >= 0.3 is 6.03 Å². The lowest BCUT2D eigenvalue weighted by molar-refractivity contribution is 0.235. The van der Waals surface area contributed by atoms with Gasteiger partial charge in [-0.15, -0.1) is 0 Å². The molecule has 0 saturated carbocycles. The van der Waals surface area contributed by atoms with Crippen LogP contribution in [0.1, 0.15) is 38.6 Å². The third-order valence-corrected chi connectivity index (χ3v) is 3.62. The van der Waals surface area contributed by atoms with Crippen LogP contribution in [0.4, 0.5) is 4.79 Å². The van der Waals surface area contributed by atoms with Gasteiger partial charge in [-0.3, -0.25) is 0 Å². The normalized spacial score (nSPS) is 18.2. The van der Waals surface area contributed by atoms with Crippen LogP contribution in [-0.2, 0) is 19.4 Å². The van der Waals surface area contributed by atoms with E-state index in [1.54, 1.807) is 0 Å². The van der Waals surface area contributed by atoms with Gasteiger partial charge in [0.15, 0.2) is 0 Å². The number of nitrogens with one attached hydrogen (secondary N) is 2. The van der Waals surface area contributed by atoms with E-state index >= 15 is 0 Å². The predicted octanol–water partition coefficient (Wildman–Crippen LogP) is 1.72. The summed E-state index contributed by atoms with van der Waals surface area (Å²) < 4.78 is 2.23. The number of aromatic nitrogens is 2. The number of urea groups is 1. The van der Waals surface area contributed by atoms with Crippen LogP contribution in [0.2, 0.25) is 0 Å². The number of carbonyl (C=O) groups excluding carboxylic acids is 1. The van der Waals surface area contributed by atoms with Gasteiger partial charge in [0.05, 0.1) is 12.0 Å². The molecule has 1 aliphatic carbocycles. The van der Waals surface area contributed by atoms with Crippen molar-refractivity contribution < 1.29 is 4.79 Å². The van der Waals surface area contributed by atoms with Crippen molar-refractivity contribution in [1.82, 2.24) is 20.2 Å². The van der Waals surface area contributed by atoms with Crippen molar-refractivity contribution in [1.29, 1.82) is 0 Å². The molecule has 1 aromatic rings. The molecule has 0 bridgehead atoms. The monoisotopic (exact) mass is 264 g/mol. The van der Waals surface area contributed by atoms with Crippen molar-refractivity contribution in [2.45, 2.75) is 52.6 Å². The number of imidazole rings is 1. The fourth-order valence-corrected chi connectivity index (χ4v) is 2.62. The average Bonchev–Trinajstić information content (AvgIpc) is 2.77. The lowest BCUT2D eigenvalue weighted by Gasteiger charge is -2.23. The van der Waals surface area contributed by atoms with E-state index in [0.29, 0.717) is 5.92 Å². The zero-order valence-corrected chi connectivity index (χ0v) is 12.1. The number of nitrogens with zero attached hydrogens (tertiary/aromatic N) is 2. The van der Waals surface area contributed by atoms with Crippen molar-refractivity contribution in [3.63, 3.8) is 0 Å². The molecule has 2 amide bonds. The van der Waals surface area contributed by atoms with E-state index in [1.165, 1.54) is 11.4 Å². The first kappa shape index (κ1) is 13.9. The van der Waals surface area contributed by atoms with Crippen LogP contribution in [0.3, 0.4) is 0 Å². The summed E-state index contributed by atoms with van der Waals surface area (Å²) >= 11 is 0. The third-order valence-electron chi connectivity index (χ3n) is 3.62. The Labute approximate surface area is 114 Å². The Morgan fingerprint density at radius 2 is 2.37 bits per heavy atom. The maximum absolute atomic E-state index is 11.6. The number of rotatable bonds is 4. The summed E-state index contributed by atoms with van der Waals surface area (Å²) in [5, 5.41) is 5.80. The molecule has 1 aromatic heterocycles. The molecule has 19 heavy (non-hydrogen) atoms. The molecule has 0 saturated heterocycles. The molecule has 1 heterocycles. The van der Waals surface area contributed by atoms with E-state index < -0.39 is 0 Å². The summed E-state index contributed by atoms with van der Waals surface area (Å²) in [4.78, 5) is 16.0. The lowest BCUT2D eigenvalue weighted by Crippen LogP contribution is -2.42. The van der Waals surface area contributed by atoms with Crippen LogP contribution in [0.5, 0.6) is 0 Å². The summed E-state index contributed by atoms with van der Waals surface area (Å²) in [6.07, 6.45) is 5.11. The van der Waals surface area contributed by atoms with Gasteiger partial charge in [-0.25, -0.2) is 9.78 Å². The molecular formula is C14H24N4O. The molecule has 1 aliphatic rings. The standard InChI is InChI=1S/C14H24N4O/c1-4-18-9-16-12-7-11(5-6-13(12)18)8-15-14(19)17-10(2)3/h9-11H,4-8H2,1-3H3,(H2,15,17,19). The predicted molar refractivity (Wildman–Crippen MR) is 75.1 cm³/mol. The number of hydrogen-bond acceptors (Lipinski definition) is 2. The molecule has 0 spiro atoms. The molecule has 2 N–H and O–H groups in total. The van der Waals surface area contributed by atoms with E-state index in [0.717, 1.165) is 32.4 Å². The fourth-order valence-electron chi connectivity index (χ4n) is 2.62. The first-order chi connectivity index (χ1) is 9.10. The maximum atomic E-state index is 11.6. The zero-order valence-electron chi connectivity index (χ0n) is 12.1. The van der Waals surface area contributed by atoms with Gasteiger partial charge in [0, 0.05) is 24.8 Å². The molecule has 0 radical (unpaired) electrons. The van der Waals surface area contributed by atoms with Crippen LogP contribution in [-0.4, -0.2) is 28.2 Å². The molecule has 106 valence electrons. The fraction of sp³-hybridized carbons (Fsp3) is 0.714. The smallest absolute Gasteiger partial charge is 0.314 e. The number of aryl methyl sites for hydroxylation is 1. The second kappa shape index (κ2) is 6.08. The van der Waals surface area contributed by atoms with Crippen LogP contribution >= 0.6 is 0 Å². The molecule has 0 aliphatic heterocycles. The molecule has 5 heteroatoms. The Bertz CT molecular complexity index is 439. The maximum Gasteiger partial charge on any atom is 0.314 e. The highest BCUT2D eigenvalue weighted by Gasteiger charge is 2.22. The van der Waals surface area contributed by atoms with Gasteiger partial charge in [0.2, 0.25) is 0 Å². The molecule has 0 aromatic carbocycles. The van der Waals surface area contributed by atoms with Crippen LogP contribution in [0.25, 0.3) is 0 Å². The van der Waals surface area contributed by atoms with Gasteiger partial charge in [-0.1, -0.05) is 0 Å². The Hall–Kier alpha value is -1.52. The van der Waals surface area contributed by atoms with E-state index in [1.807, 2.05) is 20.2 Å². The van der Waals surface area contributed by atoms with Crippen molar-refractivity contribution in [2.24, 2.45) is 5.92 Å². The summed E-state index contributed by atoms with van der Waals surface area (Å²) in [7, 11) is 0. The minimum absolute atomic E-state index is 0.0696. The highest BCUT2D eigenvalue weighted by atomic mass is 16.2. The number of fused-ring (bicyclic) bond motifs is 1. The Morgan fingerprint density at radius 1 is 1.58 bits per heavy atom. The Morgan fingerprint density at radius 3 is 3.05 bits per heavy atom. The highest BCUT2D eigenvalue weighted by molar-refractivity contribution is 5.74. The number of hydrogen-bond donors (Lipinski definition) is 2. The van der Waals surface area contributed by atoms with E-state index in [2.05, 4.69) is 27.1 Å². The molecule has 1 unspecified atom stereocenters. The molecule has 0 fully saturated rings. The molecule has 2 rings (SSSR count). The first-order valence-electron chi connectivity index (χ1n) is 7.17. The lowest BCUT2D eigenvalue weighted by atomic mass is 9.89. The summed E-state index contributed by atoms with van der Waals surface area (Å²) in [5.74, 6) is 0.505. The second-order valence-corrected chi connectivity index (χ2v) is 5.54. The Kier molecular flexibility index (Phi) is 4.45. The Balaban J connectivity index is 1.84. The first-order valence-corrected chi connectivity index (χ1v) is 7.17. The topological polar surface area (TPSA) is 59.0 Å². The van der Waals surface area contributed by atoms with E-state index in [9.17, 15) is 4.79 Å². The largest absolute Gasteiger partial charge is 0.338 e. The van der Waals surface area contributed by atoms with Crippen LogP contribution in [0.15, 0.2) is 6.33 Å². The van der Waals surface area contributed by atoms with Gasteiger partial charge < -0.3 is 15.2 Å². The van der Waals surface area contributed by atoms with Crippen LogP contribution < -0.4 is 10.6 Å². The van der Waals surface area contributed by atoms with Crippen molar-refractivity contribution in [3.05, 3.63) is 17.7 Å². The minimum atomic E-state index is -0.0696. The second-order valence-electron chi connectivity index (χ2n) is 5.54. The third kappa shape index (κ3) is 3.49. The summed E-state index contributed by atoms with van der Waals surface area (Å²) in [6.45, 7) is 7.79. The number of carbonyl (C=O) groups is 1. The van der Waals surface area contributed by atoms with Gasteiger partial charge in [-0.05, 0) is 46.0 Å². The molecule has 1 atom stereocenters. The SMILES string of the molecule is CCn1cnc2c1CCC(CNC(=O)NC(C)C)C2. The van der Waals surface area contributed by atoms with Gasteiger partial charge in [-0.2, -0.15) is 0 Å². The minimum Gasteiger partial charge on any atom is -0.338 e.